The van der Waals surface area contributed by atoms with Crippen molar-refractivity contribution in [2.75, 3.05) is 7.11 Å². The van der Waals surface area contributed by atoms with Crippen molar-refractivity contribution in [2.45, 2.75) is 58.7 Å². The van der Waals surface area contributed by atoms with E-state index in [1.54, 1.807) is 13.3 Å². The van der Waals surface area contributed by atoms with Crippen molar-refractivity contribution in [3.63, 3.8) is 0 Å². The van der Waals surface area contributed by atoms with Gasteiger partial charge in [0, 0.05) is 11.7 Å². The third kappa shape index (κ3) is 2.45. The van der Waals surface area contributed by atoms with E-state index in [4.69, 9.17) is 14.0 Å². The quantitative estimate of drug-likeness (QED) is 0.796. The summed E-state index contributed by atoms with van der Waals surface area (Å²) in [6.07, 6.45) is 3.58. The number of methoxy groups -OCH3 is 1. The fourth-order valence-electron chi connectivity index (χ4n) is 2.30. The summed E-state index contributed by atoms with van der Waals surface area (Å²) >= 11 is 0. The summed E-state index contributed by atoms with van der Waals surface area (Å²) in [6, 6.07) is 0. The summed E-state index contributed by atoms with van der Waals surface area (Å²) in [4.78, 5) is 4.25. The molecule has 1 fully saturated rings. The van der Waals surface area contributed by atoms with E-state index >= 15 is 0 Å². The van der Waals surface area contributed by atoms with E-state index < -0.39 is 7.12 Å². The Morgan fingerprint density at radius 2 is 1.65 bits per heavy atom. The van der Waals surface area contributed by atoms with Crippen LogP contribution in [0.25, 0.3) is 0 Å². The molecule has 2 rings (SSSR count). The molecule has 0 aromatic carbocycles. The van der Waals surface area contributed by atoms with Crippen LogP contribution < -0.4 is 10.2 Å². The van der Waals surface area contributed by atoms with Crippen LogP contribution in [-0.2, 0) is 9.31 Å². The number of rotatable bonds is 3. The van der Waals surface area contributed by atoms with Crippen molar-refractivity contribution in [3.05, 3.63) is 18.0 Å². The molecule has 0 unspecified atom stereocenters. The molecular formula is C15H24BNO3. The van der Waals surface area contributed by atoms with Gasteiger partial charge in [-0.25, -0.2) is 0 Å². The lowest BCUT2D eigenvalue weighted by molar-refractivity contribution is 0.00578. The van der Waals surface area contributed by atoms with Crippen LogP contribution in [0.15, 0.2) is 12.4 Å². The maximum Gasteiger partial charge on any atom is 0.499 e. The van der Waals surface area contributed by atoms with Gasteiger partial charge in [0.1, 0.15) is 5.75 Å². The van der Waals surface area contributed by atoms with Gasteiger partial charge in [-0.2, -0.15) is 0 Å². The largest absolute Gasteiger partial charge is 0.499 e. The van der Waals surface area contributed by atoms with Gasteiger partial charge >= 0.3 is 7.12 Å². The van der Waals surface area contributed by atoms with Crippen LogP contribution in [-0.4, -0.2) is 30.4 Å². The topological polar surface area (TPSA) is 40.6 Å². The smallest absolute Gasteiger partial charge is 0.495 e. The van der Waals surface area contributed by atoms with Gasteiger partial charge in [-0.15, -0.1) is 0 Å². The summed E-state index contributed by atoms with van der Waals surface area (Å²) in [6.45, 7) is 12.5. The average molecular weight is 277 g/mol. The molecule has 1 aliphatic heterocycles. The molecule has 2 heterocycles. The van der Waals surface area contributed by atoms with Crippen LogP contribution in [0.2, 0.25) is 0 Å². The zero-order valence-electron chi connectivity index (χ0n) is 13.5. The second kappa shape index (κ2) is 5.04. The lowest BCUT2D eigenvalue weighted by Gasteiger charge is -2.32. The molecular weight excluding hydrogens is 253 g/mol. The fourth-order valence-corrected chi connectivity index (χ4v) is 2.30. The zero-order valence-corrected chi connectivity index (χ0v) is 13.5. The van der Waals surface area contributed by atoms with Gasteiger partial charge < -0.3 is 14.0 Å². The number of pyridine rings is 1. The second-order valence-corrected chi connectivity index (χ2v) is 6.59. The van der Waals surface area contributed by atoms with Crippen molar-refractivity contribution in [1.82, 2.24) is 4.98 Å². The van der Waals surface area contributed by atoms with Crippen LogP contribution in [0.3, 0.4) is 0 Å². The van der Waals surface area contributed by atoms with Gasteiger partial charge in [-0.05, 0) is 39.2 Å². The van der Waals surface area contributed by atoms with Crippen molar-refractivity contribution in [2.24, 2.45) is 0 Å². The molecule has 1 aromatic rings. The Morgan fingerprint density at radius 3 is 2.10 bits per heavy atom. The Labute approximate surface area is 122 Å². The molecule has 0 saturated carbocycles. The summed E-state index contributed by atoms with van der Waals surface area (Å²) in [5.41, 5.74) is 1.33. The Balaban J connectivity index is 2.48. The van der Waals surface area contributed by atoms with Crippen molar-refractivity contribution in [3.8, 4) is 5.75 Å². The highest BCUT2D eigenvalue weighted by Gasteiger charge is 2.53. The van der Waals surface area contributed by atoms with Crippen LogP contribution in [0.1, 0.15) is 53.0 Å². The minimum absolute atomic E-state index is 0.326. The first-order valence-corrected chi connectivity index (χ1v) is 7.07. The first-order chi connectivity index (χ1) is 9.19. The van der Waals surface area contributed by atoms with E-state index in [1.165, 1.54) is 0 Å². The zero-order chi connectivity index (χ0) is 15.1. The van der Waals surface area contributed by atoms with Gasteiger partial charge in [-0.3, -0.25) is 4.98 Å². The molecule has 5 heteroatoms. The van der Waals surface area contributed by atoms with Crippen molar-refractivity contribution in [1.29, 1.82) is 0 Å². The summed E-state index contributed by atoms with van der Waals surface area (Å²) in [5.74, 6) is 1.04. The molecule has 110 valence electrons. The Morgan fingerprint density at radius 1 is 1.10 bits per heavy atom. The second-order valence-electron chi connectivity index (χ2n) is 6.59. The molecule has 1 saturated heterocycles. The number of hydrogen-bond donors (Lipinski definition) is 0. The van der Waals surface area contributed by atoms with Crippen LogP contribution >= 0.6 is 0 Å². The van der Waals surface area contributed by atoms with Gasteiger partial charge in [-0.1, -0.05) is 13.8 Å². The SMILES string of the molecule is COc1cncc(C(C)C)c1B1OC(C)(C)C(C)(C)O1. The number of nitrogens with zero attached hydrogens (tertiary/aromatic N) is 1. The van der Waals surface area contributed by atoms with Gasteiger partial charge in [0.15, 0.2) is 0 Å². The maximum absolute atomic E-state index is 6.15. The molecule has 0 spiro atoms. The monoisotopic (exact) mass is 277 g/mol. The highest BCUT2D eigenvalue weighted by molar-refractivity contribution is 6.63. The average Bonchev–Trinajstić information content (AvgIpc) is 2.57. The lowest BCUT2D eigenvalue weighted by atomic mass is 9.73. The van der Waals surface area contributed by atoms with Crippen LogP contribution in [0.5, 0.6) is 5.75 Å². The summed E-state index contributed by atoms with van der Waals surface area (Å²) in [7, 11) is 1.23. The normalized spacial score (nSPS) is 20.5. The summed E-state index contributed by atoms with van der Waals surface area (Å²) in [5, 5.41) is 0. The minimum atomic E-state index is -0.421. The third-order valence-electron chi connectivity index (χ3n) is 4.31. The number of ether oxygens (including phenoxy) is 1. The molecule has 0 bridgehead atoms. The van der Waals surface area contributed by atoms with E-state index in [2.05, 4.69) is 46.5 Å². The van der Waals surface area contributed by atoms with Gasteiger partial charge in [0.05, 0.1) is 24.5 Å². The number of aromatic nitrogens is 1. The lowest BCUT2D eigenvalue weighted by Crippen LogP contribution is -2.41. The van der Waals surface area contributed by atoms with E-state index in [0.717, 1.165) is 16.8 Å². The van der Waals surface area contributed by atoms with Gasteiger partial charge in [0.2, 0.25) is 0 Å². The fraction of sp³-hybridized carbons (Fsp3) is 0.667. The molecule has 4 nitrogen and oxygen atoms in total. The first kappa shape index (κ1) is 15.3. The highest BCUT2D eigenvalue weighted by atomic mass is 16.7. The highest BCUT2D eigenvalue weighted by Crippen LogP contribution is 2.37. The first-order valence-electron chi connectivity index (χ1n) is 7.07. The Hall–Kier alpha value is -1.07. The Kier molecular flexibility index (Phi) is 3.86. The molecule has 0 N–H and O–H groups in total. The Bertz CT molecular complexity index is 484. The van der Waals surface area contributed by atoms with E-state index in [-0.39, 0.29) is 11.2 Å². The molecule has 0 atom stereocenters. The molecule has 1 aromatic heterocycles. The maximum atomic E-state index is 6.15. The third-order valence-corrected chi connectivity index (χ3v) is 4.31. The minimum Gasteiger partial charge on any atom is -0.495 e. The molecule has 0 amide bonds. The van der Waals surface area contributed by atoms with Crippen molar-refractivity contribution < 1.29 is 14.0 Å². The van der Waals surface area contributed by atoms with E-state index in [9.17, 15) is 0 Å². The van der Waals surface area contributed by atoms with Gasteiger partial charge in [0.25, 0.3) is 0 Å². The van der Waals surface area contributed by atoms with Crippen molar-refractivity contribution >= 4 is 12.6 Å². The molecule has 0 radical (unpaired) electrons. The van der Waals surface area contributed by atoms with E-state index in [0.29, 0.717) is 5.92 Å². The summed E-state index contributed by atoms with van der Waals surface area (Å²) < 4.78 is 17.8. The standard InChI is InChI=1S/C15H24BNO3/c1-10(2)11-8-17-9-12(18-7)13(11)16-19-14(3,4)15(5,6)20-16/h8-10H,1-7H3. The molecule has 1 aliphatic rings. The molecule has 20 heavy (non-hydrogen) atoms. The van der Waals surface area contributed by atoms with Crippen LogP contribution in [0.4, 0.5) is 0 Å². The predicted molar refractivity (Wildman–Crippen MR) is 80.6 cm³/mol. The number of hydrogen-bond acceptors (Lipinski definition) is 4. The van der Waals surface area contributed by atoms with Crippen LogP contribution in [0, 0.1) is 0 Å². The van der Waals surface area contributed by atoms with E-state index in [1.807, 2.05) is 6.20 Å². The predicted octanol–water partition coefficient (Wildman–Crippen LogP) is 2.51. The molecule has 0 aliphatic carbocycles.